The second-order valence-electron chi connectivity index (χ2n) is 3.76. The third-order valence-electron chi connectivity index (χ3n) is 2.41. The van der Waals surface area contributed by atoms with Crippen LogP contribution in [0, 0.1) is 0 Å². The zero-order chi connectivity index (χ0) is 12.8. The highest BCUT2D eigenvalue weighted by atomic mass is 32.2. The van der Waals surface area contributed by atoms with Gasteiger partial charge >= 0.3 is 0 Å². The summed E-state index contributed by atoms with van der Waals surface area (Å²) in [5.74, 6) is 0. The molecule has 2 rings (SSSR count). The fraction of sp³-hybridized carbons (Fsp3) is 0.143. The van der Waals surface area contributed by atoms with Gasteiger partial charge in [-0.2, -0.15) is 0 Å². The second-order valence-corrected chi connectivity index (χ2v) is 4.80. The molecule has 0 saturated carbocycles. The molecule has 0 amide bonds. The zero-order valence-electron chi connectivity index (χ0n) is 9.82. The van der Waals surface area contributed by atoms with Crippen molar-refractivity contribution >= 4 is 16.9 Å². The van der Waals surface area contributed by atoms with Gasteiger partial charge in [0.15, 0.2) is 18.9 Å². The number of hydrogen-bond acceptors (Lipinski definition) is 3. The molecule has 92 valence electrons. The maximum Gasteiger partial charge on any atom is 0.224 e. The van der Waals surface area contributed by atoms with Crippen LogP contribution in [0.3, 0.4) is 0 Å². The first-order valence-corrected chi connectivity index (χ1v) is 6.48. The van der Waals surface area contributed by atoms with Crippen molar-refractivity contribution in [3.8, 4) is 0 Å². The summed E-state index contributed by atoms with van der Waals surface area (Å²) in [6, 6.07) is 13.0. The highest BCUT2D eigenvalue weighted by Gasteiger charge is 2.10. The van der Waals surface area contributed by atoms with Gasteiger partial charge in [-0.3, -0.25) is 4.79 Å². The van der Waals surface area contributed by atoms with Crippen molar-refractivity contribution < 1.29 is 14.5 Å². The molecule has 1 N–H and O–H groups in total. The van der Waals surface area contributed by atoms with Gasteiger partial charge in [-0.15, -0.1) is 0 Å². The van der Waals surface area contributed by atoms with Crippen molar-refractivity contribution in [3.63, 3.8) is 0 Å². The van der Waals surface area contributed by atoms with Crippen LogP contribution < -0.4 is 4.57 Å². The first-order valence-electron chi connectivity index (χ1n) is 5.67. The normalized spacial score (nSPS) is 10.3. The molecule has 3 nitrogen and oxygen atoms in total. The topological polar surface area (TPSA) is 41.2 Å². The minimum atomic E-state index is 0.0253. The van der Waals surface area contributed by atoms with E-state index < -0.39 is 0 Å². The van der Waals surface area contributed by atoms with Crippen LogP contribution in [0.4, 0.5) is 0 Å². The van der Waals surface area contributed by atoms with Gasteiger partial charge in [0, 0.05) is 11.6 Å². The fourth-order valence-electron chi connectivity index (χ4n) is 1.55. The minimum absolute atomic E-state index is 0.0253. The molecule has 0 spiro atoms. The minimum Gasteiger partial charge on any atom is -0.390 e. The Bertz CT molecular complexity index is 528. The Morgan fingerprint density at radius 2 is 1.94 bits per heavy atom. The van der Waals surface area contributed by atoms with E-state index in [1.54, 1.807) is 12.1 Å². The number of nitrogens with zero attached hydrogens (tertiary/aromatic N) is 1. The van der Waals surface area contributed by atoms with Crippen molar-refractivity contribution in [2.75, 3.05) is 6.61 Å². The predicted octanol–water partition coefficient (Wildman–Crippen LogP) is 1.90. The van der Waals surface area contributed by atoms with Crippen LogP contribution in [-0.4, -0.2) is 16.8 Å². The lowest BCUT2D eigenvalue weighted by molar-refractivity contribution is -0.699. The first-order chi connectivity index (χ1) is 8.79. The van der Waals surface area contributed by atoms with Crippen molar-refractivity contribution in [1.82, 2.24) is 0 Å². The molecular weight excluding hydrogens is 246 g/mol. The van der Waals surface area contributed by atoms with Crippen molar-refractivity contribution in [3.05, 3.63) is 60.4 Å². The Morgan fingerprint density at radius 1 is 1.17 bits per heavy atom. The van der Waals surface area contributed by atoms with Crippen LogP contribution in [0.15, 0.2) is 59.8 Å². The Kier molecular flexibility index (Phi) is 4.50. The summed E-state index contributed by atoms with van der Waals surface area (Å²) >= 11 is 1.20. The molecule has 0 aliphatic carbocycles. The van der Waals surface area contributed by atoms with E-state index in [1.165, 1.54) is 11.8 Å². The van der Waals surface area contributed by atoms with Gasteiger partial charge in [-0.1, -0.05) is 30.3 Å². The number of hydrogen-bond donors (Lipinski definition) is 1. The number of pyridine rings is 1. The van der Waals surface area contributed by atoms with Crippen molar-refractivity contribution in [2.24, 2.45) is 0 Å². The van der Waals surface area contributed by atoms with Gasteiger partial charge in [-0.25, -0.2) is 4.57 Å². The monoisotopic (exact) mass is 260 g/mol. The van der Waals surface area contributed by atoms with Gasteiger partial charge in [0.1, 0.15) is 6.61 Å². The lowest BCUT2D eigenvalue weighted by Crippen LogP contribution is -2.34. The average molecular weight is 260 g/mol. The largest absolute Gasteiger partial charge is 0.390 e. The Morgan fingerprint density at radius 3 is 2.67 bits per heavy atom. The van der Waals surface area contributed by atoms with Crippen LogP contribution in [0.25, 0.3) is 0 Å². The molecule has 0 atom stereocenters. The van der Waals surface area contributed by atoms with Crippen LogP contribution in [0.1, 0.15) is 10.4 Å². The van der Waals surface area contributed by atoms with Crippen molar-refractivity contribution in [1.29, 1.82) is 0 Å². The van der Waals surface area contributed by atoms with Crippen LogP contribution in [0.2, 0.25) is 0 Å². The highest BCUT2D eigenvalue weighted by Crippen LogP contribution is 2.20. The molecule has 1 aromatic heterocycles. The van der Waals surface area contributed by atoms with E-state index in [0.29, 0.717) is 12.1 Å². The molecular formula is C14H14NO2S+. The third-order valence-corrected chi connectivity index (χ3v) is 3.31. The molecule has 0 aliphatic heterocycles. The molecule has 4 heteroatoms. The standard InChI is InChI=1S/C14H14NO2S/c16-10-9-15-8-4-7-13(11-15)18-14(17)12-5-2-1-3-6-12/h1-8,11,16H,9-10H2/q+1. The maximum absolute atomic E-state index is 12.0. The number of rotatable bonds is 4. The molecule has 0 aliphatic rings. The van der Waals surface area contributed by atoms with Crippen LogP contribution >= 0.6 is 11.8 Å². The van der Waals surface area contributed by atoms with Crippen molar-refractivity contribution in [2.45, 2.75) is 11.4 Å². The van der Waals surface area contributed by atoms with E-state index in [9.17, 15) is 4.79 Å². The number of aliphatic hydroxyl groups is 1. The molecule has 2 aromatic rings. The molecule has 0 fully saturated rings. The number of aliphatic hydroxyl groups excluding tert-OH is 1. The summed E-state index contributed by atoms with van der Waals surface area (Å²) in [5, 5.41) is 8.90. The van der Waals surface area contributed by atoms with Gasteiger partial charge < -0.3 is 5.11 Å². The van der Waals surface area contributed by atoms with E-state index in [4.69, 9.17) is 5.11 Å². The number of carbonyl (C=O) groups is 1. The molecule has 0 radical (unpaired) electrons. The van der Waals surface area contributed by atoms with Gasteiger partial charge in [0.2, 0.25) is 5.12 Å². The van der Waals surface area contributed by atoms with Gasteiger partial charge in [0.05, 0.1) is 4.90 Å². The Hall–Kier alpha value is -1.65. The highest BCUT2D eigenvalue weighted by molar-refractivity contribution is 8.14. The number of aromatic nitrogens is 1. The third kappa shape index (κ3) is 3.42. The first kappa shape index (κ1) is 12.8. The second kappa shape index (κ2) is 6.33. The van der Waals surface area contributed by atoms with Gasteiger partial charge in [-0.05, 0) is 17.8 Å². The maximum atomic E-state index is 12.0. The van der Waals surface area contributed by atoms with E-state index in [0.717, 1.165) is 4.90 Å². The molecule has 1 heterocycles. The zero-order valence-corrected chi connectivity index (χ0v) is 10.6. The lowest BCUT2D eigenvalue weighted by Gasteiger charge is -2.00. The summed E-state index contributed by atoms with van der Waals surface area (Å²) in [6.07, 6.45) is 3.73. The summed E-state index contributed by atoms with van der Waals surface area (Å²) in [4.78, 5) is 12.9. The Balaban J connectivity index is 2.10. The Labute approximate surface area is 110 Å². The summed E-state index contributed by atoms with van der Waals surface area (Å²) in [6.45, 7) is 0.624. The summed E-state index contributed by atoms with van der Waals surface area (Å²) < 4.78 is 1.86. The smallest absolute Gasteiger partial charge is 0.224 e. The van der Waals surface area contributed by atoms with E-state index in [2.05, 4.69) is 0 Å². The summed E-state index contributed by atoms with van der Waals surface area (Å²) in [7, 11) is 0. The molecule has 18 heavy (non-hydrogen) atoms. The van der Waals surface area contributed by atoms with E-state index in [1.807, 2.05) is 47.3 Å². The number of carbonyl (C=O) groups excluding carboxylic acids is 1. The molecule has 0 saturated heterocycles. The lowest BCUT2D eigenvalue weighted by atomic mass is 10.2. The predicted molar refractivity (Wildman–Crippen MR) is 70.4 cm³/mol. The average Bonchev–Trinajstić information content (AvgIpc) is 2.40. The molecule has 0 bridgehead atoms. The summed E-state index contributed by atoms with van der Waals surface area (Å²) in [5.41, 5.74) is 0.695. The SMILES string of the molecule is O=C(Sc1ccc[n+](CCO)c1)c1ccccc1. The number of thioether (sulfide) groups is 1. The van der Waals surface area contributed by atoms with E-state index >= 15 is 0 Å². The quantitative estimate of drug-likeness (QED) is 0.674. The van der Waals surface area contributed by atoms with E-state index in [-0.39, 0.29) is 11.7 Å². The molecule has 1 aromatic carbocycles. The molecule has 0 unspecified atom stereocenters. The number of benzene rings is 1. The fourth-order valence-corrected chi connectivity index (χ4v) is 2.36. The van der Waals surface area contributed by atoms with Crippen LogP contribution in [-0.2, 0) is 6.54 Å². The van der Waals surface area contributed by atoms with Gasteiger partial charge in [0.25, 0.3) is 0 Å². The van der Waals surface area contributed by atoms with Crippen LogP contribution in [0.5, 0.6) is 0 Å².